The fraction of sp³-hybridized carbons (Fsp3) is 0.0833. The highest BCUT2D eigenvalue weighted by atomic mass is 79.9. The first kappa shape index (κ1) is 11.0. The zero-order chi connectivity index (χ0) is 11.5. The minimum absolute atomic E-state index is 0.589. The molecule has 82 valence electrons. The zero-order valence-electron chi connectivity index (χ0n) is 8.77. The van der Waals surface area contributed by atoms with Crippen LogP contribution < -0.4 is 5.73 Å². The number of hydrogen-bond acceptors (Lipinski definition) is 3. The molecular formula is C12H11BrN2O. The van der Waals surface area contributed by atoms with E-state index in [9.17, 15) is 0 Å². The third-order valence-corrected chi connectivity index (χ3v) is 2.71. The average molecular weight is 279 g/mol. The van der Waals surface area contributed by atoms with Crippen molar-refractivity contribution in [2.75, 3.05) is 5.73 Å². The molecule has 0 spiro atoms. The van der Waals surface area contributed by atoms with E-state index in [1.54, 1.807) is 6.92 Å². The Labute approximate surface area is 102 Å². The molecule has 2 rings (SSSR count). The van der Waals surface area contributed by atoms with E-state index in [1.807, 2.05) is 36.4 Å². The normalized spacial score (nSPS) is 11.1. The summed E-state index contributed by atoms with van der Waals surface area (Å²) in [6, 6.07) is 7.97. The Kier molecular flexibility index (Phi) is 3.10. The Morgan fingerprint density at radius 2 is 2.19 bits per heavy atom. The third kappa shape index (κ3) is 2.33. The minimum Gasteiger partial charge on any atom is -0.394 e. The molecule has 0 aliphatic heterocycles. The van der Waals surface area contributed by atoms with Gasteiger partial charge in [-0.15, -0.1) is 0 Å². The number of nitrogens with two attached hydrogens (primary N) is 1. The molecule has 1 aromatic heterocycles. The molecule has 0 amide bonds. The predicted octanol–water partition coefficient (Wildman–Crippen LogP) is 3.50. The summed E-state index contributed by atoms with van der Waals surface area (Å²) in [6.45, 7) is 1.79. The number of benzene rings is 1. The Morgan fingerprint density at radius 1 is 1.38 bits per heavy atom. The predicted molar refractivity (Wildman–Crippen MR) is 68.7 cm³/mol. The number of nitrogen functional groups attached to an aromatic ring is 1. The van der Waals surface area contributed by atoms with Gasteiger partial charge in [0.05, 0.1) is 0 Å². The highest BCUT2D eigenvalue weighted by Crippen LogP contribution is 2.19. The molecule has 0 saturated heterocycles. The Hall–Kier alpha value is -1.55. The van der Waals surface area contributed by atoms with Crippen LogP contribution in [0.3, 0.4) is 0 Å². The van der Waals surface area contributed by atoms with Gasteiger partial charge in [-0.1, -0.05) is 39.3 Å². The highest BCUT2D eigenvalue weighted by molar-refractivity contribution is 9.10. The van der Waals surface area contributed by atoms with E-state index in [-0.39, 0.29) is 0 Å². The molecule has 16 heavy (non-hydrogen) atoms. The number of rotatable bonds is 2. The number of halogens is 1. The molecule has 2 N–H and O–H groups in total. The second kappa shape index (κ2) is 4.53. The summed E-state index contributed by atoms with van der Waals surface area (Å²) in [7, 11) is 0. The fourth-order valence-corrected chi connectivity index (χ4v) is 1.72. The first-order chi connectivity index (χ1) is 7.66. The van der Waals surface area contributed by atoms with Gasteiger partial charge in [0, 0.05) is 4.47 Å². The summed E-state index contributed by atoms with van der Waals surface area (Å²) >= 11 is 3.41. The molecule has 0 unspecified atom stereocenters. The zero-order valence-corrected chi connectivity index (χ0v) is 10.4. The van der Waals surface area contributed by atoms with E-state index in [4.69, 9.17) is 10.3 Å². The van der Waals surface area contributed by atoms with E-state index in [0.29, 0.717) is 17.1 Å². The van der Waals surface area contributed by atoms with Gasteiger partial charge in [-0.05, 0) is 30.7 Å². The van der Waals surface area contributed by atoms with Crippen molar-refractivity contribution in [1.82, 2.24) is 5.16 Å². The van der Waals surface area contributed by atoms with Crippen molar-refractivity contribution in [2.45, 2.75) is 6.92 Å². The lowest BCUT2D eigenvalue weighted by Gasteiger charge is -1.93. The van der Waals surface area contributed by atoms with Crippen molar-refractivity contribution in [3.63, 3.8) is 0 Å². The molecule has 0 saturated carbocycles. The Morgan fingerprint density at radius 3 is 2.81 bits per heavy atom. The molecule has 2 aromatic rings. The van der Waals surface area contributed by atoms with Gasteiger partial charge in [-0.25, -0.2) is 0 Å². The standard InChI is InChI=1S/C12H11BrN2O/c1-8-12(14)11(15-16-8)6-5-9-3-2-4-10(13)7-9/h2-7H,14H2,1H3/b6-5+. The van der Waals surface area contributed by atoms with E-state index < -0.39 is 0 Å². The van der Waals surface area contributed by atoms with Crippen molar-refractivity contribution in [1.29, 1.82) is 0 Å². The number of aryl methyl sites for hydroxylation is 1. The number of hydrogen-bond donors (Lipinski definition) is 1. The Bertz CT molecular complexity index is 532. The van der Waals surface area contributed by atoms with Crippen LogP contribution >= 0.6 is 15.9 Å². The number of nitrogens with zero attached hydrogens (tertiary/aromatic N) is 1. The first-order valence-electron chi connectivity index (χ1n) is 4.82. The molecule has 0 radical (unpaired) electrons. The molecule has 1 aromatic carbocycles. The lowest BCUT2D eigenvalue weighted by molar-refractivity contribution is 0.397. The van der Waals surface area contributed by atoms with Crippen molar-refractivity contribution < 1.29 is 4.52 Å². The quantitative estimate of drug-likeness (QED) is 0.915. The molecule has 0 aliphatic carbocycles. The monoisotopic (exact) mass is 278 g/mol. The minimum atomic E-state index is 0.589. The first-order valence-corrected chi connectivity index (χ1v) is 5.61. The van der Waals surface area contributed by atoms with Gasteiger partial charge in [0.15, 0.2) is 5.76 Å². The van der Waals surface area contributed by atoms with Crippen LogP contribution in [0.25, 0.3) is 12.2 Å². The SMILES string of the molecule is Cc1onc(/C=C/c2cccc(Br)c2)c1N. The van der Waals surface area contributed by atoms with Crippen LogP contribution in [0.5, 0.6) is 0 Å². The van der Waals surface area contributed by atoms with Crippen LogP contribution in [0.1, 0.15) is 17.0 Å². The van der Waals surface area contributed by atoms with E-state index in [0.717, 1.165) is 10.0 Å². The van der Waals surface area contributed by atoms with Gasteiger partial charge in [-0.2, -0.15) is 0 Å². The number of aromatic nitrogens is 1. The summed E-state index contributed by atoms with van der Waals surface area (Å²) < 4.78 is 6.01. The summed E-state index contributed by atoms with van der Waals surface area (Å²) in [5, 5.41) is 3.85. The molecule has 0 bridgehead atoms. The largest absolute Gasteiger partial charge is 0.394 e. The molecule has 4 heteroatoms. The maximum absolute atomic E-state index is 5.78. The summed E-state index contributed by atoms with van der Waals surface area (Å²) in [5.41, 5.74) is 8.11. The molecule has 0 aliphatic rings. The molecule has 1 heterocycles. The van der Waals surface area contributed by atoms with Crippen molar-refractivity contribution in [3.8, 4) is 0 Å². The number of anilines is 1. The van der Waals surface area contributed by atoms with Gasteiger partial charge in [-0.3, -0.25) is 0 Å². The Balaban J connectivity index is 2.24. The van der Waals surface area contributed by atoms with E-state index >= 15 is 0 Å². The lowest BCUT2D eigenvalue weighted by Crippen LogP contribution is -1.86. The van der Waals surface area contributed by atoms with Gasteiger partial charge >= 0.3 is 0 Å². The van der Waals surface area contributed by atoms with Crippen molar-refractivity contribution in [3.05, 3.63) is 45.8 Å². The van der Waals surface area contributed by atoms with E-state index in [1.165, 1.54) is 0 Å². The van der Waals surface area contributed by atoms with Crippen LogP contribution in [0.15, 0.2) is 33.3 Å². The lowest BCUT2D eigenvalue weighted by atomic mass is 10.2. The highest BCUT2D eigenvalue weighted by Gasteiger charge is 2.04. The summed E-state index contributed by atoms with van der Waals surface area (Å²) in [4.78, 5) is 0. The van der Waals surface area contributed by atoms with E-state index in [2.05, 4.69) is 21.1 Å². The smallest absolute Gasteiger partial charge is 0.157 e. The molecular weight excluding hydrogens is 268 g/mol. The molecule has 0 fully saturated rings. The third-order valence-electron chi connectivity index (χ3n) is 2.22. The van der Waals surface area contributed by atoms with Gasteiger partial charge in [0.1, 0.15) is 11.4 Å². The maximum atomic E-state index is 5.78. The van der Waals surface area contributed by atoms with Crippen molar-refractivity contribution >= 4 is 33.8 Å². The molecule has 3 nitrogen and oxygen atoms in total. The average Bonchev–Trinajstić information content (AvgIpc) is 2.57. The van der Waals surface area contributed by atoms with Gasteiger partial charge < -0.3 is 10.3 Å². The van der Waals surface area contributed by atoms with Crippen molar-refractivity contribution in [2.24, 2.45) is 0 Å². The second-order valence-corrected chi connectivity index (χ2v) is 4.34. The summed E-state index contributed by atoms with van der Waals surface area (Å²) in [6.07, 6.45) is 3.78. The molecule has 0 atom stereocenters. The van der Waals surface area contributed by atoms with Crippen LogP contribution in [-0.2, 0) is 0 Å². The topological polar surface area (TPSA) is 52.0 Å². The van der Waals surface area contributed by atoms with Crippen LogP contribution in [0.2, 0.25) is 0 Å². The van der Waals surface area contributed by atoms with Crippen LogP contribution in [-0.4, -0.2) is 5.16 Å². The maximum Gasteiger partial charge on any atom is 0.157 e. The van der Waals surface area contributed by atoms with Crippen LogP contribution in [0, 0.1) is 6.92 Å². The van der Waals surface area contributed by atoms with Gasteiger partial charge in [0.2, 0.25) is 0 Å². The fourth-order valence-electron chi connectivity index (χ4n) is 1.30. The van der Waals surface area contributed by atoms with Gasteiger partial charge in [0.25, 0.3) is 0 Å². The van der Waals surface area contributed by atoms with Crippen LogP contribution in [0.4, 0.5) is 5.69 Å². The second-order valence-electron chi connectivity index (χ2n) is 3.43. The summed E-state index contributed by atoms with van der Waals surface area (Å²) in [5.74, 6) is 0.647.